The first-order chi connectivity index (χ1) is 11.1. The fourth-order valence-electron chi connectivity index (χ4n) is 3.19. The van der Waals surface area contributed by atoms with E-state index in [0.717, 1.165) is 5.56 Å². The Morgan fingerprint density at radius 2 is 1.87 bits per heavy atom. The maximum atomic E-state index is 13.0. The quantitative estimate of drug-likeness (QED) is 0.849. The average molecular weight is 331 g/mol. The van der Waals surface area contributed by atoms with Crippen LogP contribution >= 0.6 is 0 Å². The van der Waals surface area contributed by atoms with Gasteiger partial charge in [-0.15, -0.1) is 0 Å². The van der Waals surface area contributed by atoms with Crippen molar-refractivity contribution in [3.05, 3.63) is 53.6 Å². The van der Waals surface area contributed by atoms with Gasteiger partial charge in [-0.25, -0.2) is 8.42 Å². The van der Waals surface area contributed by atoms with Crippen molar-refractivity contribution in [1.29, 1.82) is 0 Å². The Morgan fingerprint density at radius 3 is 2.74 bits per heavy atom. The molecule has 0 bridgehead atoms. The normalized spacial score (nSPS) is 20.3. The molecule has 2 aliphatic rings. The SMILES string of the molecule is CC1CN(S(=O)(=O)c2ccc3c(c2)OCO3)Cc2ccccc21. The Kier molecular flexibility index (Phi) is 3.32. The highest BCUT2D eigenvalue weighted by atomic mass is 32.2. The molecule has 120 valence electrons. The zero-order valence-electron chi connectivity index (χ0n) is 12.7. The van der Waals surface area contributed by atoms with Gasteiger partial charge < -0.3 is 9.47 Å². The molecular formula is C17H17NO4S. The molecule has 2 aliphatic heterocycles. The first kappa shape index (κ1) is 14.5. The summed E-state index contributed by atoms with van der Waals surface area (Å²) in [4.78, 5) is 0.244. The fraction of sp³-hybridized carbons (Fsp3) is 0.294. The summed E-state index contributed by atoms with van der Waals surface area (Å²) >= 11 is 0. The van der Waals surface area contributed by atoms with Gasteiger partial charge in [0.05, 0.1) is 4.90 Å². The molecule has 1 unspecified atom stereocenters. The van der Waals surface area contributed by atoms with Gasteiger partial charge in [0.1, 0.15) is 0 Å². The Balaban J connectivity index is 1.70. The van der Waals surface area contributed by atoms with Crippen LogP contribution in [0.4, 0.5) is 0 Å². The van der Waals surface area contributed by atoms with Crippen LogP contribution in [0.25, 0.3) is 0 Å². The van der Waals surface area contributed by atoms with Gasteiger partial charge >= 0.3 is 0 Å². The molecular weight excluding hydrogens is 314 g/mol. The summed E-state index contributed by atoms with van der Waals surface area (Å²) in [6.07, 6.45) is 0. The van der Waals surface area contributed by atoms with Crippen molar-refractivity contribution < 1.29 is 17.9 Å². The van der Waals surface area contributed by atoms with Crippen LogP contribution in [-0.4, -0.2) is 26.1 Å². The molecule has 5 nitrogen and oxygen atoms in total. The zero-order chi connectivity index (χ0) is 16.0. The molecule has 6 heteroatoms. The second kappa shape index (κ2) is 5.25. The van der Waals surface area contributed by atoms with E-state index >= 15 is 0 Å². The van der Waals surface area contributed by atoms with E-state index in [1.807, 2.05) is 18.2 Å². The molecule has 2 heterocycles. The van der Waals surface area contributed by atoms with E-state index in [2.05, 4.69) is 13.0 Å². The van der Waals surface area contributed by atoms with Crippen molar-refractivity contribution in [2.75, 3.05) is 13.3 Å². The molecule has 0 aromatic heterocycles. The smallest absolute Gasteiger partial charge is 0.243 e. The summed E-state index contributed by atoms with van der Waals surface area (Å²) in [5.74, 6) is 1.24. The van der Waals surface area contributed by atoms with Crippen LogP contribution in [0, 0.1) is 0 Å². The van der Waals surface area contributed by atoms with Crippen LogP contribution in [0.2, 0.25) is 0 Å². The number of rotatable bonds is 2. The molecule has 0 N–H and O–H groups in total. The fourth-order valence-corrected chi connectivity index (χ4v) is 4.71. The monoisotopic (exact) mass is 331 g/mol. The number of sulfonamides is 1. The summed E-state index contributed by atoms with van der Waals surface area (Å²) in [5.41, 5.74) is 2.29. The largest absolute Gasteiger partial charge is 0.454 e. The Hall–Kier alpha value is -2.05. The lowest BCUT2D eigenvalue weighted by Crippen LogP contribution is -2.37. The van der Waals surface area contributed by atoms with Gasteiger partial charge in [-0.1, -0.05) is 31.2 Å². The number of benzene rings is 2. The molecule has 4 rings (SSSR count). The molecule has 0 aliphatic carbocycles. The van der Waals surface area contributed by atoms with Crippen LogP contribution < -0.4 is 9.47 Å². The van der Waals surface area contributed by atoms with Crippen LogP contribution in [0.15, 0.2) is 47.4 Å². The van der Waals surface area contributed by atoms with Crippen LogP contribution in [0.5, 0.6) is 11.5 Å². The molecule has 0 fully saturated rings. The predicted octanol–water partition coefficient (Wildman–Crippen LogP) is 2.72. The maximum absolute atomic E-state index is 13.0. The van der Waals surface area contributed by atoms with Crippen LogP contribution in [0.3, 0.4) is 0 Å². The van der Waals surface area contributed by atoms with Gasteiger partial charge in [0.15, 0.2) is 11.5 Å². The molecule has 0 radical (unpaired) electrons. The minimum atomic E-state index is -3.56. The highest BCUT2D eigenvalue weighted by Crippen LogP contribution is 2.36. The van der Waals surface area contributed by atoms with E-state index in [4.69, 9.17) is 9.47 Å². The topological polar surface area (TPSA) is 55.8 Å². The first-order valence-electron chi connectivity index (χ1n) is 7.53. The third-order valence-corrected chi connectivity index (χ3v) is 6.20. The van der Waals surface area contributed by atoms with Crippen molar-refractivity contribution in [2.24, 2.45) is 0 Å². The van der Waals surface area contributed by atoms with Crippen molar-refractivity contribution in [1.82, 2.24) is 4.31 Å². The second-order valence-corrected chi connectivity index (χ2v) is 7.85. The van der Waals surface area contributed by atoms with Gasteiger partial charge in [0.25, 0.3) is 0 Å². The number of fused-ring (bicyclic) bond motifs is 2. The van der Waals surface area contributed by atoms with Gasteiger partial charge in [-0.2, -0.15) is 4.31 Å². The van der Waals surface area contributed by atoms with E-state index in [-0.39, 0.29) is 17.6 Å². The van der Waals surface area contributed by atoms with Gasteiger partial charge in [0.2, 0.25) is 16.8 Å². The standard InChI is InChI=1S/C17H17NO4S/c1-12-9-18(10-13-4-2-3-5-15(12)13)23(19,20)14-6-7-16-17(8-14)22-11-21-16/h2-8,12H,9-11H2,1H3. The summed E-state index contributed by atoms with van der Waals surface area (Å²) < 4.78 is 38.0. The minimum Gasteiger partial charge on any atom is -0.454 e. The molecule has 0 amide bonds. The lowest BCUT2D eigenvalue weighted by atomic mass is 9.92. The number of hydrogen-bond donors (Lipinski definition) is 0. The number of hydrogen-bond acceptors (Lipinski definition) is 4. The molecule has 0 saturated heterocycles. The molecule has 2 aromatic rings. The third kappa shape index (κ3) is 2.38. The molecule has 23 heavy (non-hydrogen) atoms. The highest BCUT2D eigenvalue weighted by Gasteiger charge is 2.32. The van der Waals surface area contributed by atoms with Gasteiger partial charge in [-0.3, -0.25) is 0 Å². The average Bonchev–Trinajstić information content (AvgIpc) is 3.02. The third-order valence-electron chi connectivity index (χ3n) is 4.39. The van der Waals surface area contributed by atoms with Gasteiger partial charge in [0, 0.05) is 19.2 Å². The molecule has 0 saturated carbocycles. The summed E-state index contributed by atoms with van der Waals surface area (Å²) in [7, 11) is -3.56. The maximum Gasteiger partial charge on any atom is 0.243 e. The lowest BCUT2D eigenvalue weighted by molar-refractivity contribution is 0.174. The Labute approximate surface area is 135 Å². The number of ether oxygens (including phenoxy) is 2. The lowest BCUT2D eigenvalue weighted by Gasteiger charge is -2.32. The van der Waals surface area contributed by atoms with E-state index < -0.39 is 10.0 Å². The highest BCUT2D eigenvalue weighted by molar-refractivity contribution is 7.89. The Bertz CT molecular complexity index is 863. The minimum absolute atomic E-state index is 0.132. The van der Waals surface area contributed by atoms with E-state index in [9.17, 15) is 8.42 Å². The van der Waals surface area contributed by atoms with Crippen LogP contribution in [0.1, 0.15) is 24.0 Å². The van der Waals surface area contributed by atoms with Crippen LogP contribution in [-0.2, 0) is 16.6 Å². The predicted molar refractivity (Wildman–Crippen MR) is 85.0 cm³/mol. The summed E-state index contributed by atoms with van der Waals surface area (Å²) in [5, 5.41) is 0. The summed E-state index contributed by atoms with van der Waals surface area (Å²) in [6.45, 7) is 3.07. The molecule has 0 spiro atoms. The van der Waals surface area contributed by atoms with E-state index in [1.54, 1.807) is 18.2 Å². The zero-order valence-corrected chi connectivity index (χ0v) is 13.5. The van der Waals surface area contributed by atoms with E-state index in [1.165, 1.54) is 9.87 Å². The van der Waals surface area contributed by atoms with Crippen molar-refractivity contribution in [2.45, 2.75) is 24.3 Å². The second-order valence-electron chi connectivity index (χ2n) is 5.91. The van der Waals surface area contributed by atoms with Crippen molar-refractivity contribution in [3.8, 4) is 11.5 Å². The van der Waals surface area contributed by atoms with Gasteiger partial charge in [-0.05, 0) is 29.2 Å². The van der Waals surface area contributed by atoms with Crippen molar-refractivity contribution in [3.63, 3.8) is 0 Å². The molecule has 2 aromatic carbocycles. The first-order valence-corrected chi connectivity index (χ1v) is 8.97. The molecule has 1 atom stereocenters. The Morgan fingerprint density at radius 1 is 1.09 bits per heavy atom. The van der Waals surface area contributed by atoms with Crippen molar-refractivity contribution >= 4 is 10.0 Å². The number of nitrogens with zero attached hydrogens (tertiary/aromatic N) is 1. The van der Waals surface area contributed by atoms with E-state index in [0.29, 0.717) is 24.6 Å². The summed E-state index contributed by atoms with van der Waals surface area (Å²) in [6, 6.07) is 12.8.